The molecule has 2 aromatic carbocycles. The SMILES string of the molecule is Cn1ccc(C=Nc2ccc(Nc3ccccc3)cc2)c1. The molecular formula is C18H17N3. The zero-order valence-corrected chi connectivity index (χ0v) is 11.9. The van der Waals surface area contributed by atoms with Gasteiger partial charge in [0.2, 0.25) is 0 Å². The average molecular weight is 275 g/mol. The van der Waals surface area contributed by atoms with Gasteiger partial charge in [0, 0.05) is 42.6 Å². The van der Waals surface area contributed by atoms with Crippen LogP contribution in [0.15, 0.2) is 78.0 Å². The second-order valence-corrected chi connectivity index (χ2v) is 4.91. The molecule has 0 spiro atoms. The van der Waals surface area contributed by atoms with Crippen molar-refractivity contribution in [3.63, 3.8) is 0 Å². The molecule has 1 aromatic heterocycles. The van der Waals surface area contributed by atoms with Crippen molar-refractivity contribution in [3.05, 3.63) is 78.6 Å². The van der Waals surface area contributed by atoms with Crippen molar-refractivity contribution in [1.82, 2.24) is 4.57 Å². The summed E-state index contributed by atoms with van der Waals surface area (Å²) in [7, 11) is 2.00. The fourth-order valence-corrected chi connectivity index (χ4v) is 2.07. The van der Waals surface area contributed by atoms with Crippen molar-refractivity contribution >= 4 is 23.3 Å². The second-order valence-electron chi connectivity index (χ2n) is 4.91. The zero-order valence-electron chi connectivity index (χ0n) is 11.9. The minimum atomic E-state index is 0.942. The summed E-state index contributed by atoms with van der Waals surface area (Å²) in [6, 6.07) is 20.2. The van der Waals surface area contributed by atoms with Gasteiger partial charge in [-0.15, -0.1) is 0 Å². The van der Waals surface area contributed by atoms with Gasteiger partial charge in [-0.1, -0.05) is 18.2 Å². The van der Waals surface area contributed by atoms with E-state index in [4.69, 9.17) is 0 Å². The fraction of sp³-hybridized carbons (Fsp3) is 0.0556. The molecule has 0 saturated heterocycles. The van der Waals surface area contributed by atoms with Crippen LogP contribution in [0.5, 0.6) is 0 Å². The van der Waals surface area contributed by atoms with Crippen LogP contribution in [0, 0.1) is 0 Å². The Morgan fingerprint density at radius 2 is 1.62 bits per heavy atom. The lowest BCUT2D eigenvalue weighted by molar-refractivity contribution is 0.927. The van der Waals surface area contributed by atoms with Crippen molar-refractivity contribution in [2.45, 2.75) is 0 Å². The molecule has 0 fully saturated rings. The molecule has 0 amide bonds. The molecule has 3 heteroatoms. The summed E-state index contributed by atoms with van der Waals surface area (Å²) in [6.45, 7) is 0. The van der Waals surface area contributed by atoms with Crippen molar-refractivity contribution < 1.29 is 0 Å². The standard InChI is InChI=1S/C18H17N3/c1-21-12-11-15(14-21)13-19-16-7-9-18(10-8-16)20-17-5-3-2-4-6-17/h2-14,20H,1H3. The van der Waals surface area contributed by atoms with E-state index >= 15 is 0 Å². The van der Waals surface area contributed by atoms with Crippen molar-refractivity contribution in [2.24, 2.45) is 12.0 Å². The Bertz CT molecular complexity index is 725. The van der Waals surface area contributed by atoms with Gasteiger partial charge in [0.25, 0.3) is 0 Å². The molecule has 0 unspecified atom stereocenters. The Hall–Kier alpha value is -2.81. The van der Waals surface area contributed by atoms with Gasteiger partial charge in [-0.2, -0.15) is 0 Å². The molecule has 3 aromatic rings. The van der Waals surface area contributed by atoms with E-state index in [2.05, 4.69) is 10.3 Å². The summed E-state index contributed by atoms with van der Waals surface area (Å²) >= 11 is 0. The fourth-order valence-electron chi connectivity index (χ4n) is 2.07. The zero-order chi connectivity index (χ0) is 14.5. The molecule has 0 saturated carbocycles. The third kappa shape index (κ3) is 3.60. The van der Waals surface area contributed by atoms with E-state index in [1.807, 2.05) is 90.9 Å². The van der Waals surface area contributed by atoms with Gasteiger partial charge in [0.1, 0.15) is 0 Å². The summed E-state index contributed by atoms with van der Waals surface area (Å²) in [5.41, 5.74) is 4.18. The van der Waals surface area contributed by atoms with Gasteiger partial charge in [-0.05, 0) is 42.5 Å². The number of para-hydroxylation sites is 1. The Kier molecular flexibility index (Phi) is 3.83. The van der Waals surface area contributed by atoms with Crippen LogP contribution in [0.1, 0.15) is 5.56 Å². The van der Waals surface area contributed by atoms with Crippen molar-refractivity contribution in [2.75, 3.05) is 5.32 Å². The first-order valence-corrected chi connectivity index (χ1v) is 6.88. The maximum Gasteiger partial charge on any atom is 0.0631 e. The van der Waals surface area contributed by atoms with E-state index in [-0.39, 0.29) is 0 Å². The molecule has 1 N–H and O–H groups in total. The van der Waals surface area contributed by atoms with Gasteiger partial charge in [0.15, 0.2) is 0 Å². The van der Waals surface area contributed by atoms with Crippen LogP contribution in [-0.2, 0) is 7.05 Å². The summed E-state index contributed by atoms with van der Waals surface area (Å²) < 4.78 is 2.01. The van der Waals surface area contributed by atoms with Crippen molar-refractivity contribution in [3.8, 4) is 0 Å². The lowest BCUT2D eigenvalue weighted by atomic mass is 10.2. The lowest BCUT2D eigenvalue weighted by Crippen LogP contribution is -1.88. The summed E-state index contributed by atoms with van der Waals surface area (Å²) in [5.74, 6) is 0. The highest BCUT2D eigenvalue weighted by molar-refractivity contribution is 5.81. The number of hydrogen-bond acceptors (Lipinski definition) is 2. The van der Waals surface area contributed by atoms with Crippen LogP contribution in [-0.4, -0.2) is 10.8 Å². The second kappa shape index (κ2) is 6.09. The van der Waals surface area contributed by atoms with Gasteiger partial charge < -0.3 is 9.88 Å². The van der Waals surface area contributed by atoms with Crippen LogP contribution in [0.2, 0.25) is 0 Å². The van der Waals surface area contributed by atoms with E-state index in [0.29, 0.717) is 0 Å². The van der Waals surface area contributed by atoms with Crippen LogP contribution in [0.25, 0.3) is 0 Å². The molecule has 0 aliphatic rings. The highest BCUT2D eigenvalue weighted by Gasteiger charge is 1.95. The van der Waals surface area contributed by atoms with E-state index in [1.165, 1.54) is 0 Å². The largest absolute Gasteiger partial charge is 0.357 e. The monoisotopic (exact) mass is 275 g/mol. The molecule has 0 bridgehead atoms. The average Bonchev–Trinajstić information content (AvgIpc) is 2.93. The number of aryl methyl sites for hydroxylation is 1. The molecule has 1 heterocycles. The molecule has 0 aliphatic carbocycles. The Labute approximate surface area is 124 Å². The van der Waals surface area contributed by atoms with E-state index in [0.717, 1.165) is 22.6 Å². The van der Waals surface area contributed by atoms with Crippen molar-refractivity contribution in [1.29, 1.82) is 0 Å². The minimum Gasteiger partial charge on any atom is -0.357 e. The molecule has 104 valence electrons. The quantitative estimate of drug-likeness (QED) is 0.697. The summed E-state index contributed by atoms with van der Waals surface area (Å²) in [6.07, 6.45) is 5.92. The predicted molar refractivity (Wildman–Crippen MR) is 88.8 cm³/mol. The van der Waals surface area contributed by atoms with Gasteiger partial charge in [-0.3, -0.25) is 4.99 Å². The third-order valence-electron chi connectivity index (χ3n) is 3.15. The van der Waals surface area contributed by atoms with E-state index in [1.54, 1.807) is 0 Å². The molecule has 0 aliphatic heterocycles. The Morgan fingerprint density at radius 1 is 0.905 bits per heavy atom. The highest BCUT2D eigenvalue weighted by Crippen LogP contribution is 2.20. The Morgan fingerprint density at radius 3 is 2.29 bits per heavy atom. The lowest BCUT2D eigenvalue weighted by Gasteiger charge is -2.05. The molecule has 21 heavy (non-hydrogen) atoms. The van der Waals surface area contributed by atoms with Crippen LogP contribution in [0.4, 0.5) is 17.1 Å². The first kappa shape index (κ1) is 13.2. The first-order chi connectivity index (χ1) is 10.3. The molecule has 0 radical (unpaired) electrons. The number of benzene rings is 2. The highest BCUT2D eigenvalue weighted by atomic mass is 14.9. The van der Waals surface area contributed by atoms with Gasteiger partial charge >= 0.3 is 0 Å². The predicted octanol–water partition coefficient (Wildman–Crippen LogP) is 4.52. The van der Waals surface area contributed by atoms with E-state index < -0.39 is 0 Å². The smallest absolute Gasteiger partial charge is 0.0631 e. The molecule has 3 nitrogen and oxygen atoms in total. The topological polar surface area (TPSA) is 29.3 Å². The van der Waals surface area contributed by atoms with E-state index in [9.17, 15) is 0 Å². The summed E-state index contributed by atoms with van der Waals surface area (Å²) in [5, 5.41) is 3.35. The number of aromatic nitrogens is 1. The molecule has 0 atom stereocenters. The van der Waals surface area contributed by atoms with Gasteiger partial charge in [0.05, 0.1) is 5.69 Å². The number of aliphatic imine (C=N–C) groups is 1. The number of nitrogens with one attached hydrogen (secondary N) is 1. The molecular weight excluding hydrogens is 258 g/mol. The number of rotatable bonds is 4. The first-order valence-electron chi connectivity index (χ1n) is 6.88. The maximum atomic E-state index is 4.47. The number of nitrogens with zero attached hydrogens (tertiary/aromatic N) is 2. The number of hydrogen-bond donors (Lipinski definition) is 1. The third-order valence-corrected chi connectivity index (χ3v) is 3.15. The summed E-state index contributed by atoms with van der Waals surface area (Å²) in [4.78, 5) is 4.47. The van der Waals surface area contributed by atoms with Gasteiger partial charge in [-0.25, -0.2) is 0 Å². The van der Waals surface area contributed by atoms with Crippen LogP contribution >= 0.6 is 0 Å². The van der Waals surface area contributed by atoms with Crippen LogP contribution in [0.3, 0.4) is 0 Å². The normalized spacial score (nSPS) is 10.9. The maximum absolute atomic E-state index is 4.47. The van der Waals surface area contributed by atoms with Crippen LogP contribution < -0.4 is 5.32 Å². The number of anilines is 2. The minimum absolute atomic E-state index is 0.942. The molecule has 3 rings (SSSR count). The Balaban J connectivity index is 1.68.